The smallest absolute Gasteiger partial charge is 0.0584 e. The van der Waals surface area contributed by atoms with Gasteiger partial charge in [-0.3, -0.25) is 0 Å². The Bertz CT molecular complexity index is 118. The van der Waals surface area contributed by atoms with Crippen LogP contribution in [0.15, 0.2) is 0 Å². The molecule has 0 bridgehead atoms. The van der Waals surface area contributed by atoms with Gasteiger partial charge in [-0.15, -0.1) is 0 Å². The highest BCUT2D eigenvalue weighted by Gasteiger charge is 2.13. The maximum atomic E-state index is 9.09. The van der Waals surface area contributed by atoms with Crippen LogP contribution < -0.4 is 5.32 Å². The third-order valence-electron chi connectivity index (χ3n) is 2.05. The SMILES string of the molecule is CCCC[C@H](CO)NCC(C)(C)C. The first-order chi connectivity index (χ1) is 5.99. The van der Waals surface area contributed by atoms with Gasteiger partial charge < -0.3 is 10.4 Å². The predicted molar refractivity (Wildman–Crippen MR) is 57.9 cm³/mol. The first-order valence-electron chi connectivity index (χ1n) is 5.34. The Morgan fingerprint density at radius 3 is 2.31 bits per heavy atom. The van der Waals surface area contributed by atoms with Gasteiger partial charge in [0.05, 0.1) is 6.61 Å². The van der Waals surface area contributed by atoms with E-state index in [0.29, 0.717) is 11.5 Å². The lowest BCUT2D eigenvalue weighted by molar-refractivity contribution is 0.219. The van der Waals surface area contributed by atoms with Crippen LogP contribution in [0, 0.1) is 5.41 Å². The van der Waals surface area contributed by atoms with Gasteiger partial charge in [-0.2, -0.15) is 0 Å². The molecule has 13 heavy (non-hydrogen) atoms. The monoisotopic (exact) mass is 187 g/mol. The summed E-state index contributed by atoms with van der Waals surface area (Å²) in [7, 11) is 0. The van der Waals surface area contributed by atoms with Crippen molar-refractivity contribution in [3.8, 4) is 0 Å². The van der Waals surface area contributed by atoms with E-state index in [4.69, 9.17) is 5.11 Å². The molecule has 0 aromatic rings. The van der Waals surface area contributed by atoms with Crippen LogP contribution >= 0.6 is 0 Å². The maximum Gasteiger partial charge on any atom is 0.0584 e. The number of nitrogens with one attached hydrogen (secondary N) is 1. The topological polar surface area (TPSA) is 32.3 Å². The molecule has 2 N–H and O–H groups in total. The molecule has 0 heterocycles. The average molecular weight is 187 g/mol. The summed E-state index contributed by atoms with van der Waals surface area (Å²) >= 11 is 0. The molecule has 0 rings (SSSR count). The van der Waals surface area contributed by atoms with Gasteiger partial charge in [0.25, 0.3) is 0 Å². The number of hydrogen-bond donors (Lipinski definition) is 2. The number of rotatable bonds is 6. The van der Waals surface area contributed by atoms with E-state index in [-0.39, 0.29) is 6.61 Å². The van der Waals surface area contributed by atoms with E-state index in [2.05, 4.69) is 33.0 Å². The molecule has 0 aliphatic heterocycles. The van der Waals surface area contributed by atoms with Crippen molar-refractivity contribution in [2.24, 2.45) is 5.41 Å². The average Bonchev–Trinajstić information content (AvgIpc) is 2.03. The summed E-state index contributed by atoms with van der Waals surface area (Å²) in [5.74, 6) is 0. The minimum atomic E-state index is 0.260. The Hall–Kier alpha value is -0.0800. The quantitative estimate of drug-likeness (QED) is 0.668. The Morgan fingerprint density at radius 1 is 1.31 bits per heavy atom. The van der Waals surface area contributed by atoms with Crippen molar-refractivity contribution in [2.75, 3.05) is 13.2 Å². The highest BCUT2D eigenvalue weighted by Crippen LogP contribution is 2.11. The van der Waals surface area contributed by atoms with E-state index in [1.54, 1.807) is 0 Å². The van der Waals surface area contributed by atoms with Gasteiger partial charge in [-0.1, -0.05) is 40.5 Å². The molecular weight excluding hydrogens is 162 g/mol. The van der Waals surface area contributed by atoms with Crippen molar-refractivity contribution in [1.29, 1.82) is 0 Å². The second-order valence-corrected chi connectivity index (χ2v) is 4.96. The first-order valence-corrected chi connectivity index (χ1v) is 5.34. The second kappa shape index (κ2) is 6.39. The molecule has 0 aromatic heterocycles. The van der Waals surface area contributed by atoms with E-state index in [1.807, 2.05) is 0 Å². The molecule has 0 aromatic carbocycles. The van der Waals surface area contributed by atoms with Crippen LogP contribution in [0.5, 0.6) is 0 Å². The Morgan fingerprint density at radius 2 is 1.92 bits per heavy atom. The van der Waals surface area contributed by atoms with Gasteiger partial charge in [-0.05, 0) is 11.8 Å². The largest absolute Gasteiger partial charge is 0.395 e. The van der Waals surface area contributed by atoms with Crippen molar-refractivity contribution < 1.29 is 5.11 Å². The van der Waals surface area contributed by atoms with Crippen LogP contribution in [0.25, 0.3) is 0 Å². The van der Waals surface area contributed by atoms with E-state index in [9.17, 15) is 0 Å². The summed E-state index contributed by atoms with van der Waals surface area (Å²) in [6.07, 6.45) is 3.49. The minimum Gasteiger partial charge on any atom is -0.395 e. The molecule has 0 aliphatic carbocycles. The van der Waals surface area contributed by atoms with Crippen LogP contribution in [0.1, 0.15) is 47.0 Å². The van der Waals surface area contributed by atoms with Gasteiger partial charge >= 0.3 is 0 Å². The number of aliphatic hydroxyl groups is 1. The summed E-state index contributed by atoms with van der Waals surface area (Å²) < 4.78 is 0. The fourth-order valence-corrected chi connectivity index (χ4v) is 1.16. The van der Waals surface area contributed by atoms with Crippen LogP contribution in [0.4, 0.5) is 0 Å². The lowest BCUT2D eigenvalue weighted by atomic mass is 9.96. The fourth-order valence-electron chi connectivity index (χ4n) is 1.16. The normalized spacial score (nSPS) is 14.5. The zero-order valence-corrected chi connectivity index (χ0v) is 9.56. The fraction of sp³-hybridized carbons (Fsp3) is 1.00. The zero-order chi connectivity index (χ0) is 10.3. The molecule has 0 saturated carbocycles. The standard InChI is InChI=1S/C11H25NO/c1-5-6-7-10(8-13)12-9-11(2,3)4/h10,12-13H,5-9H2,1-4H3/t10-/m1/s1. The summed E-state index contributed by atoms with van der Waals surface area (Å²) in [6.45, 7) is 10.0. The number of aliphatic hydroxyl groups excluding tert-OH is 1. The van der Waals surface area contributed by atoms with Crippen LogP contribution in [-0.4, -0.2) is 24.3 Å². The van der Waals surface area contributed by atoms with Gasteiger partial charge in [0, 0.05) is 12.6 Å². The van der Waals surface area contributed by atoms with Crippen molar-refractivity contribution >= 4 is 0 Å². The number of hydrogen-bond acceptors (Lipinski definition) is 2. The lowest BCUT2D eigenvalue weighted by Crippen LogP contribution is -2.38. The molecule has 1 atom stereocenters. The van der Waals surface area contributed by atoms with Gasteiger partial charge in [0.2, 0.25) is 0 Å². The molecule has 0 saturated heterocycles. The first kappa shape index (κ1) is 12.9. The molecule has 0 aliphatic rings. The third-order valence-corrected chi connectivity index (χ3v) is 2.05. The van der Waals surface area contributed by atoms with Crippen molar-refractivity contribution in [3.63, 3.8) is 0 Å². The predicted octanol–water partition coefficient (Wildman–Crippen LogP) is 2.17. The summed E-state index contributed by atoms with van der Waals surface area (Å²) in [5.41, 5.74) is 0.305. The Balaban J connectivity index is 3.59. The van der Waals surface area contributed by atoms with E-state index in [0.717, 1.165) is 13.0 Å². The summed E-state index contributed by atoms with van der Waals surface area (Å²) in [5, 5.41) is 12.5. The maximum absolute atomic E-state index is 9.09. The van der Waals surface area contributed by atoms with Crippen molar-refractivity contribution in [2.45, 2.75) is 53.0 Å². The van der Waals surface area contributed by atoms with Gasteiger partial charge in [-0.25, -0.2) is 0 Å². The molecular formula is C11H25NO. The molecule has 0 unspecified atom stereocenters. The van der Waals surface area contributed by atoms with E-state index in [1.165, 1.54) is 12.8 Å². The third kappa shape index (κ3) is 8.26. The minimum absolute atomic E-state index is 0.260. The van der Waals surface area contributed by atoms with E-state index < -0.39 is 0 Å². The molecule has 0 spiro atoms. The molecule has 80 valence electrons. The highest BCUT2D eigenvalue weighted by molar-refractivity contribution is 4.71. The van der Waals surface area contributed by atoms with Gasteiger partial charge in [0.15, 0.2) is 0 Å². The van der Waals surface area contributed by atoms with Crippen molar-refractivity contribution in [1.82, 2.24) is 5.32 Å². The zero-order valence-electron chi connectivity index (χ0n) is 9.56. The highest BCUT2D eigenvalue weighted by atomic mass is 16.3. The van der Waals surface area contributed by atoms with Crippen LogP contribution in [-0.2, 0) is 0 Å². The summed E-state index contributed by atoms with van der Waals surface area (Å²) in [6, 6.07) is 0.291. The van der Waals surface area contributed by atoms with Gasteiger partial charge in [0.1, 0.15) is 0 Å². The Labute approximate surface area is 82.7 Å². The lowest BCUT2D eigenvalue weighted by Gasteiger charge is -2.23. The molecule has 0 radical (unpaired) electrons. The molecule has 0 amide bonds. The van der Waals surface area contributed by atoms with Crippen LogP contribution in [0.3, 0.4) is 0 Å². The summed E-state index contributed by atoms with van der Waals surface area (Å²) in [4.78, 5) is 0. The number of unbranched alkanes of at least 4 members (excludes halogenated alkanes) is 1. The molecule has 2 nitrogen and oxygen atoms in total. The molecule has 0 fully saturated rings. The van der Waals surface area contributed by atoms with Crippen molar-refractivity contribution in [3.05, 3.63) is 0 Å². The Kier molecular flexibility index (Phi) is 6.35. The molecule has 2 heteroatoms. The van der Waals surface area contributed by atoms with Crippen LogP contribution in [0.2, 0.25) is 0 Å². The second-order valence-electron chi connectivity index (χ2n) is 4.96. The van der Waals surface area contributed by atoms with E-state index >= 15 is 0 Å².